The number of hydrogen-bond donors (Lipinski definition) is 1. The second-order valence-corrected chi connectivity index (χ2v) is 2.04. The molecule has 0 bridgehead atoms. The topological polar surface area (TPSA) is 56.7 Å². The van der Waals surface area contributed by atoms with Crippen LogP contribution in [-0.4, -0.2) is 14.9 Å². The molecule has 50 valence electrons. The monoisotopic (exact) mass is 134 g/mol. The summed E-state index contributed by atoms with van der Waals surface area (Å²) in [6.45, 7) is 0. The molecule has 0 aliphatic carbocycles. The Morgan fingerprint density at radius 1 is 1.50 bits per heavy atom. The van der Waals surface area contributed by atoms with Gasteiger partial charge in [-0.3, -0.25) is 4.98 Å². The summed E-state index contributed by atoms with van der Waals surface area (Å²) in [6, 6.07) is 1.82. The third-order valence-corrected chi connectivity index (χ3v) is 1.32. The Morgan fingerprint density at radius 2 is 2.40 bits per heavy atom. The number of hydrogen-bond acceptors (Lipinski definition) is 3. The first-order chi connectivity index (χ1) is 4.86. The van der Waals surface area contributed by atoms with Crippen LogP contribution in [0.4, 0.5) is 0 Å². The van der Waals surface area contributed by atoms with E-state index in [0.29, 0.717) is 0 Å². The van der Waals surface area contributed by atoms with Gasteiger partial charge < -0.3 is 5.84 Å². The van der Waals surface area contributed by atoms with Crippen LogP contribution in [-0.2, 0) is 0 Å². The highest BCUT2D eigenvalue weighted by Gasteiger charge is 1.94. The van der Waals surface area contributed by atoms with Crippen molar-refractivity contribution in [1.29, 1.82) is 0 Å². The lowest BCUT2D eigenvalue weighted by molar-refractivity contribution is 0.846. The minimum Gasteiger partial charge on any atom is -0.323 e. The molecule has 2 heterocycles. The van der Waals surface area contributed by atoms with E-state index in [1.54, 1.807) is 18.6 Å². The van der Waals surface area contributed by atoms with E-state index < -0.39 is 0 Å². The number of nitrogen functional groups attached to an aromatic ring is 1. The van der Waals surface area contributed by atoms with Crippen molar-refractivity contribution in [2.24, 2.45) is 0 Å². The first kappa shape index (κ1) is 5.22. The zero-order valence-corrected chi connectivity index (χ0v) is 5.23. The van der Waals surface area contributed by atoms with Gasteiger partial charge in [0.05, 0.1) is 11.7 Å². The molecule has 4 heteroatoms. The van der Waals surface area contributed by atoms with Crippen molar-refractivity contribution in [3.63, 3.8) is 0 Å². The molecule has 0 spiro atoms. The summed E-state index contributed by atoms with van der Waals surface area (Å²) in [4.78, 5) is 5.20. The molecule has 10 heavy (non-hydrogen) atoms. The quantitative estimate of drug-likeness (QED) is 0.521. The molecule has 0 aromatic carbocycles. The second-order valence-electron chi connectivity index (χ2n) is 2.04. The maximum atomic E-state index is 5.37. The molecule has 0 radical (unpaired) electrons. The molecular weight excluding hydrogens is 128 g/mol. The zero-order valence-electron chi connectivity index (χ0n) is 5.23. The summed E-state index contributed by atoms with van der Waals surface area (Å²) in [5.74, 6) is 5.37. The molecular formula is C6H6N4. The van der Waals surface area contributed by atoms with E-state index in [0.717, 1.165) is 10.9 Å². The van der Waals surface area contributed by atoms with Gasteiger partial charge in [0.1, 0.15) is 0 Å². The van der Waals surface area contributed by atoms with Crippen molar-refractivity contribution in [3.05, 3.63) is 24.7 Å². The summed E-state index contributed by atoms with van der Waals surface area (Å²) in [5, 5.41) is 4.93. The summed E-state index contributed by atoms with van der Waals surface area (Å²) >= 11 is 0. The fourth-order valence-electron chi connectivity index (χ4n) is 0.886. The van der Waals surface area contributed by atoms with E-state index in [2.05, 4.69) is 10.1 Å². The van der Waals surface area contributed by atoms with Crippen LogP contribution >= 0.6 is 0 Å². The van der Waals surface area contributed by atoms with Crippen molar-refractivity contribution >= 4 is 10.9 Å². The fourth-order valence-corrected chi connectivity index (χ4v) is 0.886. The van der Waals surface area contributed by atoms with Gasteiger partial charge in [-0.25, -0.2) is 0 Å². The third kappa shape index (κ3) is 0.621. The highest BCUT2D eigenvalue weighted by Crippen LogP contribution is 2.06. The number of aromatic nitrogens is 3. The van der Waals surface area contributed by atoms with Crippen molar-refractivity contribution in [2.45, 2.75) is 0 Å². The Hall–Kier alpha value is -1.58. The van der Waals surface area contributed by atoms with Crippen LogP contribution in [0.3, 0.4) is 0 Å². The van der Waals surface area contributed by atoms with Gasteiger partial charge in [-0.2, -0.15) is 9.89 Å². The van der Waals surface area contributed by atoms with Crippen molar-refractivity contribution < 1.29 is 0 Å². The lowest BCUT2D eigenvalue weighted by Gasteiger charge is -1.80. The van der Waals surface area contributed by atoms with E-state index in [1.165, 1.54) is 4.79 Å². The van der Waals surface area contributed by atoms with E-state index >= 15 is 0 Å². The molecule has 2 aromatic rings. The van der Waals surface area contributed by atoms with Gasteiger partial charge >= 0.3 is 0 Å². The van der Waals surface area contributed by atoms with E-state index in [4.69, 9.17) is 5.84 Å². The van der Waals surface area contributed by atoms with Gasteiger partial charge in [0.15, 0.2) is 0 Å². The van der Waals surface area contributed by atoms with Crippen LogP contribution in [0.5, 0.6) is 0 Å². The number of pyridine rings is 1. The molecule has 4 nitrogen and oxygen atoms in total. The van der Waals surface area contributed by atoms with Gasteiger partial charge in [0.25, 0.3) is 0 Å². The average Bonchev–Trinajstić information content (AvgIpc) is 2.27. The van der Waals surface area contributed by atoms with Gasteiger partial charge in [0, 0.05) is 17.8 Å². The summed E-state index contributed by atoms with van der Waals surface area (Å²) in [6.07, 6.45) is 5.14. The lowest BCUT2D eigenvalue weighted by atomic mass is 10.3. The maximum Gasteiger partial charge on any atom is 0.0975 e. The number of nitrogens with two attached hydrogens (primary N) is 1. The Balaban J connectivity index is 2.88. The smallest absolute Gasteiger partial charge is 0.0975 e. The molecule has 0 amide bonds. The lowest BCUT2D eigenvalue weighted by Crippen LogP contribution is -2.07. The highest BCUT2D eigenvalue weighted by atomic mass is 15.5. The minimum absolute atomic E-state index is 0.873. The van der Waals surface area contributed by atoms with Crippen LogP contribution < -0.4 is 5.84 Å². The number of nitrogens with zero attached hydrogens (tertiary/aromatic N) is 3. The molecule has 0 aliphatic heterocycles. The van der Waals surface area contributed by atoms with Crippen LogP contribution in [0.1, 0.15) is 0 Å². The SMILES string of the molecule is Nn1cc2cnccc2n1. The number of rotatable bonds is 0. The van der Waals surface area contributed by atoms with Crippen LogP contribution in [0, 0.1) is 0 Å². The first-order valence-electron chi connectivity index (χ1n) is 2.91. The van der Waals surface area contributed by atoms with E-state index in [1.807, 2.05) is 6.07 Å². The third-order valence-electron chi connectivity index (χ3n) is 1.32. The Bertz CT molecular complexity index is 318. The molecule has 0 aliphatic rings. The van der Waals surface area contributed by atoms with Gasteiger partial charge in [-0.05, 0) is 6.07 Å². The largest absolute Gasteiger partial charge is 0.323 e. The van der Waals surface area contributed by atoms with E-state index in [9.17, 15) is 0 Å². The molecule has 0 fully saturated rings. The molecule has 2 rings (SSSR count). The average molecular weight is 134 g/mol. The molecule has 2 N–H and O–H groups in total. The summed E-state index contributed by atoms with van der Waals surface area (Å²) < 4.78 is 0. The molecule has 2 aromatic heterocycles. The highest BCUT2D eigenvalue weighted by molar-refractivity contribution is 5.76. The van der Waals surface area contributed by atoms with Crippen molar-refractivity contribution in [2.75, 3.05) is 5.84 Å². The first-order valence-corrected chi connectivity index (χ1v) is 2.91. The van der Waals surface area contributed by atoms with Crippen LogP contribution in [0.25, 0.3) is 10.9 Å². The summed E-state index contributed by atoms with van der Waals surface area (Å²) in [5.41, 5.74) is 0.873. The van der Waals surface area contributed by atoms with Crippen molar-refractivity contribution in [1.82, 2.24) is 14.9 Å². The normalized spacial score (nSPS) is 10.4. The minimum atomic E-state index is 0.873. The van der Waals surface area contributed by atoms with Crippen LogP contribution in [0.2, 0.25) is 0 Å². The molecule has 0 saturated carbocycles. The van der Waals surface area contributed by atoms with Crippen molar-refractivity contribution in [3.8, 4) is 0 Å². The Kier molecular flexibility index (Phi) is 0.887. The maximum absolute atomic E-state index is 5.37. The van der Waals surface area contributed by atoms with Crippen LogP contribution in [0.15, 0.2) is 24.7 Å². The Labute approximate surface area is 57.2 Å². The molecule has 0 unspecified atom stereocenters. The van der Waals surface area contributed by atoms with Gasteiger partial charge in [-0.1, -0.05) is 0 Å². The standard InChI is InChI=1S/C6H6N4/c7-10-4-5-3-8-2-1-6(5)9-10/h1-4H,7H2. The van der Waals surface area contributed by atoms with E-state index in [-0.39, 0.29) is 0 Å². The van der Waals surface area contributed by atoms with Gasteiger partial charge in [0.2, 0.25) is 0 Å². The summed E-state index contributed by atoms with van der Waals surface area (Å²) in [7, 11) is 0. The number of fused-ring (bicyclic) bond motifs is 1. The molecule has 0 saturated heterocycles. The Morgan fingerprint density at radius 3 is 3.20 bits per heavy atom. The second kappa shape index (κ2) is 1.70. The molecule has 0 atom stereocenters. The predicted molar refractivity (Wildman–Crippen MR) is 37.7 cm³/mol. The predicted octanol–water partition coefficient (Wildman–Crippen LogP) is 0.145. The zero-order chi connectivity index (χ0) is 6.97. The van der Waals surface area contributed by atoms with Gasteiger partial charge in [-0.15, -0.1) is 0 Å². The fraction of sp³-hybridized carbons (Fsp3) is 0.